The van der Waals surface area contributed by atoms with Crippen LogP contribution in [0.5, 0.6) is 0 Å². The van der Waals surface area contributed by atoms with Crippen LogP contribution in [0.1, 0.15) is 11.3 Å². The predicted octanol–water partition coefficient (Wildman–Crippen LogP) is 3.60. The summed E-state index contributed by atoms with van der Waals surface area (Å²) in [5.74, 6) is 0.834. The Kier molecular flexibility index (Phi) is 3.42. The Hall–Kier alpha value is -3.28. The van der Waals surface area contributed by atoms with Crippen molar-refractivity contribution in [3.8, 4) is 28.7 Å². The minimum absolute atomic E-state index is 0.366. The standard InChI is InChI=1S/C18H15N5O/c1-12-7-6-10-15(11-12)23-13(2)16(19-22-23)18-21-20-17(24-18)14-8-4-3-5-9-14/h3-11H,1-2H3. The SMILES string of the molecule is Cc1cccc(-n2nnc(-c3nnc(-c4ccccc4)o3)c2C)c1. The Morgan fingerprint density at radius 2 is 1.62 bits per heavy atom. The number of rotatable bonds is 3. The second kappa shape index (κ2) is 5.73. The number of aryl methyl sites for hydroxylation is 1. The highest BCUT2D eigenvalue weighted by Gasteiger charge is 2.18. The topological polar surface area (TPSA) is 69.6 Å². The van der Waals surface area contributed by atoms with E-state index in [1.807, 2.05) is 62.4 Å². The van der Waals surface area contributed by atoms with E-state index in [1.54, 1.807) is 4.68 Å². The second-order valence-electron chi connectivity index (χ2n) is 5.55. The van der Waals surface area contributed by atoms with Gasteiger partial charge in [0.15, 0.2) is 5.69 Å². The summed E-state index contributed by atoms with van der Waals surface area (Å²) in [5.41, 5.74) is 4.43. The van der Waals surface area contributed by atoms with Crippen molar-refractivity contribution < 1.29 is 4.42 Å². The Morgan fingerprint density at radius 1 is 0.833 bits per heavy atom. The minimum atomic E-state index is 0.366. The molecule has 0 radical (unpaired) electrons. The van der Waals surface area contributed by atoms with Gasteiger partial charge in [-0.2, -0.15) is 0 Å². The van der Waals surface area contributed by atoms with Crippen LogP contribution in [0, 0.1) is 13.8 Å². The van der Waals surface area contributed by atoms with E-state index in [0.717, 1.165) is 22.5 Å². The first-order valence-electron chi connectivity index (χ1n) is 7.61. The van der Waals surface area contributed by atoms with E-state index in [9.17, 15) is 0 Å². The van der Waals surface area contributed by atoms with Crippen LogP contribution < -0.4 is 0 Å². The van der Waals surface area contributed by atoms with Gasteiger partial charge < -0.3 is 4.42 Å². The summed E-state index contributed by atoms with van der Waals surface area (Å²) in [7, 11) is 0. The normalized spacial score (nSPS) is 10.9. The molecule has 2 heterocycles. The van der Waals surface area contributed by atoms with E-state index in [0.29, 0.717) is 17.5 Å². The maximum absolute atomic E-state index is 5.77. The molecule has 2 aromatic heterocycles. The Morgan fingerprint density at radius 3 is 2.42 bits per heavy atom. The zero-order chi connectivity index (χ0) is 16.5. The van der Waals surface area contributed by atoms with Gasteiger partial charge in [-0.25, -0.2) is 4.68 Å². The molecule has 0 amide bonds. The van der Waals surface area contributed by atoms with Crippen molar-refractivity contribution in [2.45, 2.75) is 13.8 Å². The third kappa shape index (κ3) is 2.48. The lowest BCUT2D eigenvalue weighted by Gasteiger charge is -2.03. The van der Waals surface area contributed by atoms with Crippen LogP contribution in [0.3, 0.4) is 0 Å². The van der Waals surface area contributed by atoms with E-state index in [2.05, 4.69) is 26.6 Å². The van der Waals surface area contributed by atoms with Gasteiger partial charge in [-0.1, -0.05) is 35.5 Å². The van der Waals surface area contributed by atoms with Crippen LogP contribution in [0.2, 0.25) is 0 Å². The van der Waals surface area contributed by atoms with Gasteiger partial charge in [0.2, 0.25) is 5.89 Å². The first-order valence-corrected chi connectivity index (χ1v) is 7.61. The summed E-state index contributed by atoms with van der Waals surface area (Å²) >= 11 is 0. The molecule has 0 unspecified atom stereocenters. The number of benzene rings is 2. The molecule has 6 heteroatoms. The lowest BCUT2D eigenvalue weighted by atomic mass is 10.2. The molecule has 4 rings (SSSR count). The monoisotopic (exact) mass is 317 g/mol. The molecular formula is C18H15N5O. The van der Waals surface area contributed by atoms with Crippen molar-refractivity contribution in [1.82, 2.24) is 25.2 Å². The first kappa shape index (κ1) is 14.3. The van der Waals surface area contributed by atoms with E-state index in [4.69, 9.17) is 4.42 Å². The van der Waals surface area contributed by atoms with Crippen molar-refractivity contribution in [1.29, 1.82) is 0 Å². The molecule has 0 N–H and O–H groups in total. The molecule has 0 atom stereocenters. The van der Waals surface area contributed by atoms with Crippen molar-refractivity contribution in [3.63, 3.8) is 0 Å². The average Bonchev–Trinajstić information content (AvgIpc) is 3.22. The zero-order valence-electron chi connectivity index (χ0n) is 13.3. The van der Waals surface area contributed by atoms with Crippen LogP contribution in [-0.2, 0) is 0 Å². The van der Waals surface area contributed by atoms with Crippen molar-refractivity contribution in [3.05, 3.63) is 65.9 Å². The minimum Gasteiger partial charge on any atom is -0.414 e. The molecule has 6 nitrogen and oxygen atoms in total. The molecule has 2 aromatic carbocycles. The smallest absolute Gasteiger partial charge is 0.270 e. The predicted molar refractivity (Wildman–Crippen MR) is 89.6 cm³/mol. The lowest BCUT2D eigenvalue weighted by Crippen LogP contribution is -1.99. The third-order valence-electron chi connectivity index (χ3n) is 3.79. The van der Waals surface area contributed by atoms with Gasteiger partial charge in [-0.15, -0.1) is 15.3 Å². The summed E-state index contributed by atoms with van der Waals surface area (Å²) in [5, 5.41) is 16.7. The van der Waals surface area contributed by atoms with Gasteiger partial charge in [0.1, 0.15) is 0 Å². The first-order chi connectivity index (χ1) is 11.7. The summed E-state index contributed by atoms with van der Waals surface area (Å²) in [4.78, 5) is 0. The molecule has 0 bridgehead atoms. The van der Waals surface area contributed by atoms with Gasteiger partial charge in [0.05, 0.1) is 11.4 Å². The van der Waals surface area contributed by atoms with E-state index in [-0.39, 0.29) is 0 Å². The average molecular weight is 317 g/mol. The van der Waals surface area contributed by atoms with Crippen LogP contribution >= 0.6 is 0 Å². The summed E-state index contributed by atoms with van der Waals surface area (Å²) in [6.07, 6.45) is 0. The molecule has 24 heavy (non-hydrogen) atoms. The highest BCUT2D eigenvalue weighted by molar-refractivity contribution is 5.57. The van der Waals surface area contributed by atoms with Crippen LogP contribution in [0.15, 0.2) is 59.0 Å². The van der Waals surface area contributed by atoms with Crippen LogP contribution in [0.25, 0.3) is 28.7 Å². The molecule has 0 aliphatic carbocycles. The fraction of sp³-hybridized carbons (Fsp3) is 0.111. The third-order valence-corrected chi connectivity index (χ3v) is 3.79. The molecular weight excluding hydrogens is 302 g/mol. The quantitative estimate of drug-likeness (QED) is 0.577. The maximum Gasteiger partial charge on any atom is 0.270 e. The van der Waals surface area contributed by atoms with Crippen LogP contribution in [0.4, 0.5) is 0 Å². The maximum atomic E-state index is 5.77. The number of nitrogens with zero attached hydrogens (tertiary/aromatic N) is 5. The summed E-state index contributed by atoms with van der Waals surface area (Å²) in [6, 6.07) is 17.7. The van der Waals surface area contributed by atoms with E-state index < -0.39 is 0 Å². The Labute approximate surface area is 138 Å². The molecule has 0 aliphatic heterocycles. The highest BCUT2D eigenvalue weighted by atomic mass is 16.4. The van der Waals surface area contributed by atoms with Crippen molar-refractivity contribution >= 4 is 0 Å². The Balaban J connectivity index is 1.73. The lowest BCUT2D eigenvalue weighted by molar-refractivity contribution is 0.581. The molecule has 4 aromatic rings. The fourth-order valence-electron chi connectivity index (χ4n) is 2.55. The highest BCUT2D eigenvalue weighted by Crippen LogP contribution is 2.25. The number of hydrogen-bond donors (Lipinski definition) is 0. The van der Waals surface area contributed by atoms with Crippen molar-refractivity contribution in [2.24, 2.45) is 0 Å². The largest absolute Gasteiger partial charge is 0.414 e. The Bertz CT molecular complexity index is 988. The van der Waals surface area contributed by atoms with E-state index >= 15 is 0 Å². The second-order valence-corrected chi connectivity index (χ2v) is 5.55. The molecule has 0 aliphatic rings. The summed E-state index contributed by atoms with van der Waals surface area (Å²) < 4.78 is 7.54. The van der Waals surface area contributed by atoms with Gasteiger partial charge in [-0.3, -0.25) is 0 Å². The molecule has 118 valence electrons. The van der Waals surface area contributed by atoms with Gasteiger partial charge in [0.25, 0.3) is 5.89 Å². The van der Waals surface area contributed by atoms with Crippen molar-refractivity contribution in [2.75, 3.05) is 0 Å². The van der Waals surface area contributed by atoms with E-state index in [1.165, 1.54) is 0 Å². The fourth-order valence-corrected chi connectivity index (χ4v) is 2.55. The molecule has 0 spiro atoms. The summed E-state index contributed by atoms with van der Waals surface area (Å²) in [6.45, 7) is 3.98. The number of hydrogen-bond acceptors (Lipinski definition) is 5. The molecule has 0 saturated heterocycles. The van der Waals surface area contributed by atoms with Crippen LogP contribution in [-0.4, -0.2) is 25.2 Å². The van der Waals surface area contributed by atoms with Gasteiger partial charge in [0, 0.05) is 5.56 Å². The number of aromatic nitrogens is 5. The molecule has 0 saturated carbocycles. The van der Waals surface area contributed by atoms with Gasteiger partial charge in [-0.05, 0) is 43.7 Å². The molecule has 0 fully saturated rings. The van der Waals surface area contributed by atoms with Gasteiger partial charge >= 0.3 is 0 Å². The zero-order valence-corrected chi connectivity index (χ0v) is 13.3.